The lowest BCUT2D eigenvalue weighted by molar-refractivity contribution is -0.140. The van der Waals surface area contributed by atoms with E-state index in [4.69, 9.17) is 4.74 Å². The second kappa shape index (κ2) is 7.17. The van der Waals surface area contributed by atoms with E-state index in [0.717, 1.165) is 36.0 Å². The monoisotopic (exact) mass is 304 g/mol. The van der Waals surface area contributed by atoms with Crippen molar-refractivity contribution < 1.29 is 14.6 Å². The van der Waals surface area contributed by atoms with Crippen LogP contribution in [0.15, 0.2) is 12.1 Å². The van der Waals surface area contributed by atoms with Gasteiger partial charge in [0.2, 0.25) is 0 Å². The number of phenolic OH excluding ortho intramolecular Hbond substituents is 1. The zero-order valence-corrected chi connectivity index (χ0v) is 14.1. The Bertz CT molecular complexity index is 528. The van der Waals surface area contributed by atoms with Gasteiger partial charge in [0.05, 0.1) is 7.11 Å². The summed E-state index contributed by atoms with van der Waals surface area (Å²) in [4.78, 5) is 11.4. The summed E-state index contributed by atoms with van der Waals surface area (Å²) in [6, 6.07) is 4.15. The molecule has 1 saturated carbocycles. The molecule has 0 bridgehead atoms. The van der Waals surface area contributed by atoms with E-state index in [2.05, 4.69) is 19.9 Å². The number of aromatic hydroxyl groups is 1. The number of carbonyl (C=O) groups is 1. The van der Waals surface area contributed by atoms with Crippen molar-refractivity contribution in [2.24, 2.45) is 0 Å². The predicted molar refractivity (Wildman–Crippen MR) is 88.3 cm³/mol. The van der Waals surface area contributed by atoms with Gasteiger partial charge in [0.25, 0.3) is 0 Å². The zero-order valence-electron chi connectivity index (χ0n) is 14.1. The Kier molecular flexibility index (Phi) is 5.49. The fraction of sp³-hybridized carbons (Fsp3) is 0.632. The highest BCUT2D eigenvalue weighted by atomic mass is 16.5. The molecule has 0 aromatic heterocycles. The van der Waals surface area contributed by atoms with Crippen LogP contribution in [0.3, 0.4) is 0 Å². The highest BCUT2D eigenvalue weighted by Crippen LogP contribution is 2.44. The number of esters is 1. The topological polar surface area (TPSA) is 46.5 Å². The maximum absolute atomic E-state index is 11.4. The number of aryl methyl sites for hydroxylation is 2. The molecule has 1 aliphatic carbocycles. The van der Waals surface area contributed by atoms with E-state index >= 15 is 0 Å². The largest absolute Gasteiger partial charge is 0.507 e. The van der Waals surface area contributed by atoms with Crippen molar-refractivity contribution >= 4 is 5.97 Å². The highest BCUT2D eigenvalue weighted by molar-refractivity contribution is 5.69. The Morgan fingerprint density at radius 3 is 2.55 bits per heavy atom. The Morgan fingerprint density at radius 2 is 1.95 bits per heavy atom. The minimum absolute atomic E-state index is 0.0630. The van der Waals surface area contributed by atoms with Gasteiger partial charge in [-0.2, -0.15) is 0 Å². The van der Waals surface area contributed by atoms with Crippen LogP contribution in [0, 0.1) is 0 Å². The van der Waals surface area contributed by atoms with Gasteiger partial charge in [-0.3, -0.25) is 4.79 Å². The SMILES string of the molecule is CCc1cc(CCC(=O)OC)cc(C2(C)CCCCC2)c1O. The third-order valence-electron chi connectivity index (χ3n) is 5.08. The van der Waals surface area contributed by atoms with Crippen molar-refractivity contribution in [3.8, 4) is 5.75 Å². The molecule has 0 unspecified atom stereocenters. The molecule has 0 heterocycles. The fourth-order valence-electron chi connectivity index (χ4n) is 3.58. The minimum Gasteiger partial charge on any atom is -0.507 e. The molecule has 22 heavy (non-hydrogen) atoms. The normalized spacial score (nSPS) is 17.2. The average Bonchev–Trinajstić information content (AvgIpc) is 2.54. The number of hydrogen-bond donors (Lipinski definition) is 1. The number of methoxy groups -OCH3 is 1. The molecule has 0 aliphatic heterocycles. The molecule has 1 fully saturated rings. The molecule has 1 aromatic rings. The van der Waals surface area contributed by atoms with E-state index in [1.165, 1.54) is 26.4 Å². The Labute approximate surface area is 133 Å². The number of hydrogen-bond acceptors (Lipinski definition) is 3. The van der Waals surface area contributed by atoms with Crippen LogP contribution in [0.25, 0.3) is 0 Å². The van der Waals surface area contributed by atoms with E-state index < -0.39 is 0 Å². The molecule has 1 aromatic carbocycles. The van der Waals surface area contributed by atoms with E-state index in [9.17, 15) is 9.90 Å². The lowest BCUT2D eigenvalue weighted by Gasteiger charge is -2.35. The van der Waals surface area contributed by atoms with Crippen molar-refractivity contribution in [3.05, 3.63) is 28.8 Å². The van der Waals surface area contributed by atoms with E-state index in [1.807, 2.05) is 6.07 Å². The average molecular weight is 304 g/mol. The number of carbonyl (C=O) groups excluding carboxylic acids is 1. The molecule has 3 heteroatoms. The molecule has 0 saturated heterocycles. The van der Waals surface area contributed by atoms with Crippen LogP contribution in [-0.4, -0.2) is 18.2 Å². The molecule has 0 spiro atoms. The lowest BCUT2D eigenvalue weighted by atomic mass is 9.70. The van der Waals surface area contributed by atoms with Gasteiger partial charge in [-0.05, 0) is 42.2 Å². The number of rotatable bonds is 5. The standard InChI is InChI=1S/C19H28O3/c1-4-15-12-14(8-9-17(20)22-3)13-16(18(15)21)19(2)10-6-5-7-11-19/h12-13,21H,4-11H2,1-3H3. The Morgan fingerprint density at radius 1 is 1.27 bits per heavy atom. The maximum Gasteiger partial charge on any atom is 0.305 e. The van der Waals surface area contributed by atoms with Crippen molar-refractivity contribution in [1.82, 2.24) is 0 Å². The molecule has 122 valence electrons. The fourth-order valence-corrected chi connectivity index (χ4v) is 3.58. The smallest absolute Gasteiger partial charge is 0.305 e. The van der Waals surface area contributed by atoms with Crippen LogP contribution in [0.2, 0.25) is 0 Å². The van der Waals surface area contributed by atoms with Gasteiger partial charge >= 0.3 is 5.97 Å². The summed E-state index contributed by atoms with van der Waals surface area (Å²) in [5, 5.41) is 10.7. The van der Waals surface area contributed by atoms with Gasteiger partial charge in [-0.15, -0.1) is 0 Å². The van der Waals surface area contributed by atoms with Crippen molar-refractivity contribution in [2.75, 3.05) is 7.11 Å². The van der Waals surface area contributed by atoms with Crippen LogP contribution in [0.5, 0.6) is 5.75 Å². The quantitative estimate of drug-likeness (QED) is 0.826. The molecule has 0 radical (unpaired) electrons. The minimum atomic E-state index is -0.184. The summed E-state index contributed by atoms with van der Waals surface area (Å²) in [5.41, 5.74) is 3.26. The summed E-state index contributed by atoms with van der Waals surface area (Å²) in [7, 11) is 1.42. The lowest BCUT2D eigenvalue weighted by Crippen LogP contribution is -2.25. The van der Waals surface area contributed by atoms with Crippen LogP contribution < -0.4 is 0 Å². The van der Waals surface area contributed by atoms with E-state index in [1.54, 1.807) is 0 Å². The first kappa shape index (κ1) is 16.9. The maximum atomic E-state index is 11.4. The molecule has 2 rings (SSSR count). The van der Waals surface area contributed by atoms with Gasteiger partial charge in [0, 0.05) is 12.0 Å². The van der Waals surface area contributed by atoms with Crippen molar-refractivity contribution in [1.29, 1.82) is 0 Å². The van der Waals surface area contributed by atoms with Gasteiger partial charge < -0.3 is 9.84 Å². The van der Waals surface area contributed by atoms with E-state index in [0.29, 0.717) is 18.6 Å². The van der Waals surface area contributed by atoms with Crippen LogP contribution in [-0.2, 0) is 27.8 Å². The summed E-state index contributed by atoms with van der Waals surface area (Å²) < 4.78 is 4.73. The Hall–Kier alpha value is -1.51. The van der Waals surface area contributed by atoms with Crippen molar-refractivity contribution in [3.63, 3.8) is 0 Å². The molecule has 3 nitrogen and oxygen atoms in total. The summed E-state index contributed by atoms with van der Waals surface area (Å²) in [5.74, 6) is 0.283. The zero-order chi connectivity index (χ0) is 16.2. The first-order valence-corrected chi connectivity index (χ1v) is 8.42. The van der Waals surface area contributed by atoms with Crippen LogP contribution >= 0.6 is 0 Å². The predicted octanol–water partition coefficient (Wildman–Crippen LogP) is 4.28. The molecular weight excluding hydrogens is 276 g/mol. The Balaban J connectivity index is 2.33. The van der Waals surface area contributed by atoms with Gasteiger partial charge in [-0.25, -0.2) is 0 Å². The molecule has 0 atom stereocenters. The highest BCUT2D eigenvalue weighted by Gasteiger charge is 2.32. The van der Waals surface area contributed by atoms with Crippen LogP contribution in [0.1, 0.15) is 69.1 Å². The second-order valence-electron chi connectivity index (χ2n) is 6.70. The number of benzene rings is 1. The molecule has 1 N–H and O–H groups in total. The molecular formula is C19H28O3. The summed E-state index contributed by atoms with van der Waals surface area (Å²) in [6.45, 7) is 4.33. The van der Waals surface area contributed by atoms with Crippen LogP contribution in [0.4, 0.5) is 0 Å². The van der Waals surface area contributed by atoms with Crippen molar-refractivity contribution in [2.45, 2.75) is 70.6 Å². The van der Waals surface area contributed by atoms with Gasteiger partial charge in [0.1, 0.15) is 5.75 Å². The van der Waals surface area contributed by atoms with Gasteiger partial charge in [0.15, 0.2) is 0 Å². The third-order valence-corrected chi connectivity index (χ3v) is 5.08. The molecule has 0 amide bonds. The second-order valence-corrected chi connectivity index (χ2v) is 6.70. The number of ether oxygens (including phenoxy) is 1. The third kappa shape index (κ3) is 3.63. The summed E-state index contributed by atoms with van der Waals surface area (Å²) >= 11 is 0. The van der Waals surface area contributed by atoms with Gasteiger partial charge in [-0.1, -0.05) is 45.2 Å². The van der Waals surface area contributed by atoms with E-state index in [-0.39, 0.29) is 11.4 Å². The number of phenols is 1. The molecule has 1 aliphatic rings. The first-order valence-electron chi connectivity index (χ1n) is 8.42. The first-order chi connectivity index (χ1) is 10.5. The summed E-state index contributed by atoms with van der Waals surface area (Å²) in [6.07, 6.45) is 7.87.